The van der Waals surface area contributed by atoms with Gasteiger partial charge in [-0.15, -0.1) is 5.69 Å². The van der Waals surface area contributed by atoms with Gasteiger partial charge in [0.05, 0.1) is 0 Å². The van der Waals surface area contributed by atoms with E-state index in [0.29, 0.717) is 22.5 Å². The molecule has 1 aromatic carbocycles. The minimum absolute atomic E-state index is 0. The van der Waals surface area contributed by atoms with Gasteiger partial charge in [0.15, 0.2) is 11.0 Å². The maximum absolute atomic E-state index is 12.0. The van der Waals surface area contributed by atoms with Crippen LogP contribution in [-0.4, -0.2) is 33.1 Å². The molecule has 0 unspecified atom stereocenters. The summed E-state index contributed by atoms with van der Waals surface area (Å²) < 4.78 is 0. The molecule has 3 rings (SSSR count). The van der Waals surface area contributed by atoms with E-state index in [-0.39, 0.29) is 55.7 Å². The Balaban J connectivity index is 0.00000243. The Morgan fingerprint density at radius 3 is 2.50 bits per heavy atom. The predicted molar refractivity (Wildman–Crippen MR) is 96.6 cm³/mol. The fourth-order valence-electron chi connectivity index (χ4n) is 2.02. The zero-order valence-corrected chi connectivity index (χ0v) is 19.8. The number of amides is 1. The maximum atomic E-state index is 12.0. The quantitative estimate of drug-likeness (QED) is 0.398. The van der Waals surface area contributed by atoms with Crippen LogP contribution >= 0.6 is 11.8 Å². The van der Waals surface area contributed by atoms with Crippen molar-refractivity contribution in [1.82, 2.24) is 25.5 Å². The number of hydrogen-bond acceptors (Lipinski definition) is 6. The largest absolute Gasteiger partial charge is 0.699 e. The molecule has 1 radical (unpaired) electrons. The molecule has 0 fully saturated rings. The monoisotopic (exact) mass is 581 g/mol. The van der Waals surface area contributed by atoms with Crippen LogP contribution in [0, 0.1) is 51.0 Å². The third-order valence-corrected chi connectivity index (χ3v) is 4.06. The van der Waals surface area contributed by atoms with Crippen molar-refractivity contribution in [2.75, 3.05) is 12.4 Å². The Hall–Kier alpha value is -1.63. The van der Waals surface area contributed by atoms with Crippen LogP contribution in [0.2, 0.25) is 0 Å². The van der Waals surface area contributed by atoms with Crippen LogP contribution in [0.1, 0.15) is 16.2 Å². The van der Waals surface area contributed by atoms with Crippen molar-refractivity contribution in [2.45, 2.75) is 17.0 Å². The van der Waals surface area contributed by atoms with Crippen molar-refractivity contribution in [3.05, 3.63) is 53.5 Å². The molecular formula is C16H16AcN7OS-. The van der Waals surface area contributed by atoms with Gasteiger partial charge >= 0.3 is 0 Å². The van der Waals surface area contributed by atoms with Gasteiger partial charge in [-0.1, -0.05) is 12.1 Å². The molecule has 8 nitrogen and oxygen atoms in total. The predicted octanol–water partition coefficient (Wildman–Crippen LogP) is 3.45. The summed E-state index contributed by atoms with van der Waals surface area (Å²) in [5.74, 6) is 0.778. The fraction of sp³-hybridized carbons (Fsp3) is 0.125. The van der Waals surface area contributed by atoms with Gasteiger partial charge in [0.25, 0.3) is 5.91 Å². The zero-order valence-electron chi connectivity index (χ0n) is 14.2. The minimum Gasteiger partial charge on any atom is -0.699 e. The maximum Gasteiger partial charge on any atom is 0.269 e. The number of rotatable bonds is 5. The van der Waals surface area contributed by atoms with Gasteiger partial charge < -0.3 is 16.4 Å². The number of anilines is 2. The smallest absolute Gasteiger partial charge is 0.269 e. The number of carbonyl (C=O) groups excluding carboxylic acids is 1. The molecule has 0 saturated heterocycles. The van der Waals surface area contributed by atoms with Gasteiger partial charge in [-0.25, -0.2) is 9.97 Å². The van der Waals surface area contributed by atoms with Crippen LogP contribution in [0.15, 0.2) is 46.5 Å². The van der Waals surface area contributed by atoms with Gasteiger partial charge in [0.1, 0.15) is 11.5 Å². The molecule has 3 aromatic rings. The Morgan fingerprint density at radius 1 is 1.15 bits per heavy atom. The number of carbonyl (C=O) groups is 1. The van der Waals surface area contributed by atoms with E-state index in [2.05, 4.69) is 30.8 Å². The van der Waals surface area contributed by atoms with Crippen molar-refractivity contribution in [1.29, 1.82) is 0 Å². The Morgan fingerprint density at radius 2 is 1.88 bits per heavy atom. The molecule has 0 bridgehead atoms. The van der Waals surface area contributed by atoms with E-state index in [1.807, 2.05) is 25.1 Å². The Labute approximate surface area is 190 Å². The SMILES string of the molecule is CNC(=O)c1cc(Nc2cc(C)[nH]n2)nc(Sc2ccc([NH-])cc2)n1.[Ac]. The van der Waals surface area contributed by atoms with Gasteiger partial charge in [-0.2, -0.15) is 5.10 Å². The molecule has 2 heterocycles. The summed E-state index contributed by atoms with van der Waals surface area (Å²) in [4.78, 5) is 21.6. The third kappa shape index (κ3) is 5.43. The van der Waals surface area contributed by atoms with Crippen molar-refractivity contribution in [3.8, 4) is 0 Å². The number of aryl methyl sites for hydroxylation is 1. The summed E-state index contributed by atoms with van der Waals surface area (Å²) in [5, 5.41) is 13.0. The van der Waals surface area contributed by atoms with E-state index in [0.717, 1.165) is 10.6 Å². The molecule has 0 spiro atoms. The average Bonchev–Trinajstić information content (AvgIpc) is 3.01. The normalized spacial score (nSPS) is 10.1. The van der Waals surface area contributed by atoms with Gasteiger partial charge in [0.2, 0.25) is 0 Å². The van der Waals surface area contributed by atoms with Crippen LogP contribution in [0.5, 0.6) is 0 Å². The van der Waals surface area contributed by atoms with Gasteiger partial charge in [-0.3, -0.25) is 9.89 Å². The molecule has 2 aromatic heterocycles. The molecular weight excluding hydrogens is 565 g/mol. The molecule has 0 aliphatic carbocycles. The summed E-state index contributed by atoms with van der Waals surface area (Å²) in [6, 6.07) is 10.4. The molecule has 4 N–H and O–H groups in total. The number of benzene rings is 1. The minimum atomic E-state index is -0.299. The third-order valence-electron chi connectivity index (χ3n) is 3.19. The van der Waals surface area contributed by atoms with Crippen molar-refractivity contribution in [3.63, 3.8) is 0 Å². The molecule has 10 heteroatoms. The fourth-order valence-corrected chi connectivity index (χ4v) is 2.79. The molecule has 0 atom stereocenters. The first-order valence-corrected chi connectivity index (χ1v) is 8.25. The zero-order chi connectivity index (χ0) is 17.8. The van der Waals surface area contributed by atoms with E-state index < -0.39 is 0 Å². The summed E-state index contributed by atoms with van der Waals surface area (Å²) in [7, 11) is 1.55. The molecule has 26 heavy (non-hydrogen) atoms. The summed E-state index contributed by atoms with van der Waals surface area (Å²) in [5.41, 5.74) is 9.13. The Kier molecular flexibility index (Phi) is 7.44. The first-order chi connectivity index (χ1) is 12.0. The molecule has 131 valence electrons. The van der Waals surface area contributed by atoms with Crippen molar-refractivity contribution >= 4 is 35.0 Å². The van der Waals surface area contributed by atoms with Crippen LogP contribution in [0.25, 0.3) is 5.73 Å². The van der Waals surface area contributed by atoms with Gasteiger partial charge in [0, 0.05) is 73.8 Å². The van der Waals surface area contributed by atoms with Crippen LogP contribution in [0.3, 0.4) is 0 Å². The van der Waals surface area contributed by atoms with E-state index in [4.69, 9.17) is 5.73 Å². The topological polar surface area (TPSA) is 119 Å². The summed E-state index contributed by atoms with van der Waals surface area (Å²) >= 11 is 1.31. The standard InChI is InChI=1S/C16H16N7OS.Ac/c1-9-7-14(23-22-9)20-13-8-12(15(24)18-2)19-16(21-13)25-11-5-3-10(17)4-6-11;/h3-8,17H,1-2H3,(H3,18,19,20,21,22,23,24);/q-1;. The molecule has 0 saturated carbocycles. The molecule has 0 aliphatic heterocycles. The summed E-state index contributed by atoms with van der Waals surface area (Å²) in [6.07, 6.45) is 0. The summed E-state index contributed by atoms with van der Waals surface area (Å²) in [6.45, 7) is 1.89. The van der Waals surface area contributed by atoms with E-state index >= 15 is 0 Å². The first kappa shape index (κ1) is 20.7. The number of H-pyrrole nitrogens is 1. The first-order valence-electron chi connectivity index (χ1n) is 7.43. The van der Waals surface area contributed by atoms with Gasteiger partial charge in [-0.05, 0) is 30.8 Å². The van der Waals surface area contributed by atoms with E-state index in [9.17, 15) is 4.79 Å². The van der Waals surface area contributed by atoms with Crippen LogP contribution in [-0.2, 0) is 0 Å². The Bertz CT molecular complexity index is 898. The second kappa shape index (κ2) is 9.35. The number of aromatic nitrogens is 4. The van der Waals surface area contributed by atoms with E-state index in [1.165, 1.54) is 11.8 Å². The van der Waals surface area contributed by atoms with E-state index in [1.54, 1.807) is 25.2 Å². The van der Waals surface area contributed by atoms with Crippen molar-refractivity contribution in [2.24, 2.45) is 0 Å². The number of aromatic amines is 1. The second-order valence-corrected chi connectivity index (χ2v) is 6.23. The van der Waals surface area contributed by atoms with Crippen LogP contribution < -0.4 is 10.6 Å². The molecule has 0 aliphatic rings. The van der Waals surface area contributed by atoms with Crippen molar-refractivity contribution < 1.29 is 48.9 Å². The molecule has 1 amide bonds. The second-order valence-electron chi connectivity index (χ2n) is 5.19. The average molecular weight is 581 g/mol. The van der Waals surface area contributed by atoms with Crippen LogP contribution in [0.4, 0.5) is 17.3 Å². The number of nitrogens with one attached hydrogen (secondary N) is 4. The number of nitrogens with zero attached hydrogens (tertiary/aromatic N) is 3. The number of hydrogen-bond donors (Lipinski definition) is 3.